The first-order valence-electron chi connectivity index (χ1n) is 5.86. The van der Waals surface area contributed by atoms with Gasteiger partial charge in [-0.25, -0.2) is 4.79 Å². The Kier molecular flexibility index (Phi) is 3.49. The van der Waals surface area contributed by atoms with Gasteiger partial charge in [0, 0.05) is 12.6 Å². The zero-order chi connectivity index (χ0) is 12.4. The first kappa shape index (κ1) is 12.1. The van der Waals surface area contributed by atoms with E-state index >= 15 is 0 Å². The number of carboxylic acids is 1. The van der Waals surface area contributed by atoms with Gasteiger partial charge in [-0.3, -0.25) is 4.90 Å². The Morgan fingerprint density at radius 1 is 1.65 bits per heavy atom. The number of piperidine rings is 1. The van der Waals surface area contributed by atoms with Gasteiger partial charge in [-0.2, -0.15) is 0 Å². The number of aromatic carboxylic acids is 1. The molecule has 2 heterocycles. The highest BCUT2D eigenvalue weighted by Gasteiger charge is 2.23. The first-order chi connectivity index (χ1) is 8.06. The van der Waals surface area contributed by atoms with E-state index in [0.29, 0.717) is 18.2 Å². The minimum absolute atomic E-state index is 0.00493. The zero-order valence-corrected chi connectivity index (χ0v) is 9.93. The van der Waals surface area contributed by atoms with Gasteiger partial charge in [0.1, 0.15) is 5.76 Å². The van der Waals surface area contributed by atoms with Gasteiger partial charge in [-0.1, -0.05) is 6.92 Å². The smallest absolute Gasteiger partial charge is 0.371 e. The molecule has 0 radical (unpaired) electrons. The highest BCUT2D eigenvalue weighted by atomic mass is 16.4. The second-order valence-electron chi connectivity index (χ2n) is 4.74. The van der Waals surface area contributed by atoms with Crippen LogP contribution < -0.4 is 5.73 Å². The number of nitrogens with two attached hydrogens (primary N) is 1. The molecular weight excluding hydrogens is 220 g/mol. The molecule has 17 heavy (non-hydrogen) atoms. The summed E-state index contributed by atoms with van der Waals surface area (Å²) in [5.41, 5.74) is 6.01. The molecule has 1 aromatic heterocycles. The normalized spacial score (nSPS) is 26.0. The summed E-state index contributed by atoms with van der Waals surface area (Å²) >= 11 is 0. The molecule has 2 rings (SSSR count). The SMILES string of the molecule is CC1CCN(Cc2ccc(C(=O)O)o2)CC1N. The van der Waals surface area contributed by atoms with Gasteiger partial charge < -0.3 is 15.3 Å². The van der Waals surface area contributed by atoms with Crippen molar-refractivity contribution in [2.75, 3.05) is 13.1 Å². The molecule has 1 fully saturated rings. The molecule has 3 N–H and O–H groups in total. The molecule has 0 spiro atoms. The molecule has 1 aliphatic rings. The molecule has 1 aromatic rings. The van der Waals surface area contributed by atoms with E-state index < -0.39 is 5.97 Å². The number of hydrogen-bond acceptors (Lipinski definition) is 4. The van der Waals surface area contributed by atoms with Gasteiger partial charge in [0.15, 0.2) is 0 Å². The van der Waals surface area contributed by atoms with E-state index in [2.05, 4.69) is 11.8 Å². The summed E-state index contributed by atoms with van der Waals surface area (Å²) in [5, 5.41) is 8.75. The molecule has 0 saturated carbocycles. The zero-order valence-electron chi connectivity index (χ0n) is 9.93. The van der Waals surface area contributed by atoms with Crippen LogP contribution in [0, 0.1) is 5.92 Å². The lowest BCUT2D eigenvalue weighted by Gasteiger charge is -2.34. The van der Waals surface area contributed by atoms with Crippen molar-refractivity contribution in [1.29, 1.82) is 0 Å². The van der Waals surface area contributed by atoms with Crippen LogP contribution in [0.3, 0.4) is 0 Å². The number of furan rings is 1. The molecule has 5 nitrogen and oxygen atoms in total. The van der Waals surface area contributed by atoms with Crippen molar-refractivity contribution in [3.8, 4) is 0 Å². The monoisotopic (exact) mass is 238 g/mol. The molecule has 5 heteroatoms. The number of carboxylic acid groups (broad SMARTS) is 1. The molecule has 0 bridgehead atoms. The molecule has 94 valence electrons. The number of hydrogen-bond donors (Lipinski definition) is 2. The summed E-state index contributed by atoms with van der Waals surface area (Å²) in [5.74, 6) is 0.205. The summed E-state index contributed by atoms with van der Waals surface area (Å²) in [7, 11) is 0. The van der Waals surface area contributed by atoms with Gasteiger partial charge in [0.05, 0.1) is 6.54 Å². The van der Waals surface area contributed by atoms with E-state index in [9.17, 15) is 4.79 Å². The van der Waals surface area contributed by atoms with Crippen LogP contribution in [-0.4, -0.2) is 35.1 Å². The predicted molar refractivity (Wildman–Crippen MR) is 62.7 cm³/mol. The van der Waals surface area contributed by atoms with E-state index in [4.69, 9.17) is 15.3 Å². The van der Waals surface area contributed by atoms with Crippen molar-refractivity contribution in [3.05, 3.63) is 23.7 Å². The summed E-state index contributed by atoms with van der Waals surface area (Å²) in [4.78, 5) is 12.9. The van der Waals surface area contributed by atoms with Crippen LogP contribution >= 0.6 is 0 Å². The Hall–Kier alpha value is -1.33. The fourth-order valence-corrected chi connectivity index (χ4v) is 2.11. The average molecular weight is 238 g/mol. The molecule has 2 atom stereocenters. The number of carbonyl (C=O) groups is 1. The summed E-state index contributed by atoms with van der Waals surface area (Å²) < 4.78 is 5.23. The van der Waals surface area contributed by atoms with E-state index in [0.717, 1.165) is 19.5 Å². The second-order valence-corrected chi connectivity index (χ2v) is 4.74. The van der Waals surface area contributed by atoms with Crippen LogP contribution in [0.2, 0.25) is 0 Å². The van der Waals surface area contributed by atoms with E-state index in [1.165, 1.54) is 6.07 Å². The molecule has 1 saturated heterocycles. The Bertz CT molecular complexity index is 402. The van der Waals surface area contributed by atoms with Crippen LogP contribution in [0.15, 0.2) is 16.5 Å². The highest BCUT2D eigenvalue weighted by Crippen LogP contribution is 2.18. The maximum absolute atomic E-state index is 10.7. The van der Waals surface area contributed by atoms with Crippen molar-refractivity contribution in [2.24, 2.45) is 11.7 Å². The van der Waals surface area contributed by atoms with Crippen LogP contribution in [0.5, 0.6) is 0 Å². The summed E-state index contributed by atoms with van der Waals surface area (Å²) in [6.07, 6.45) is 1.08. The van der Waals surface area contributed by atoms with Crippen LogP contribution in [-0.2, 0) is 6.54 Å². The van der Waals surface area contributed by atoms with E-state index in [1.54, 1.807) is 6.07 Å². The van der Waals surface area contributed by atoms with E-state index in [-0.39, 0.29) is 11.8 Å². The number of likely N-dealkylation sites (tertiary alicyclic amines) is 1. The molecule has 0 amide bonds. The maximum Gasteiger partial charge on any atom is 0.371 e. The predicted octanol–water partition coefficient (Wildman–Crippen LogP) is 1.15. The van der Waals surface area contributed by atoms with Gasteiger partial charge in [0.2, 0.25) is 5.76 Å². The van der Waals surface area contributed by atoms with Crippen LogP contribution in [0.4, 0.5) is 0 Å². The quantitative estimate of drug-likeness (QED) is 0.825. The third kappa shape index (κ3) is 2.87. The molecule has 2 unspecified atom stereocenters. The molecule has 0 aromatic carbocycles. The Labute approximate surface area is 100 Å². The molecular formula is C12H18N2O3. The second kappa shape index (κ2) is 4.89. The lowest BCUT2D eigenvalue weighted by molar-refractivity contribution is 0.0656. The maximum atomic E-state index is 10.7. The Morgan fingerprint density at radius 2 is 2.41 bits per heavy atom. The van der Waals surface area contributed by atoms with E-state index in [1.807, 2.05) is 0 Å². The lowest BCUT2D eigenvalue weighted by atomic mass is 9.94. The van der Waals surface area contributed by atoms with Crippen molar-refractivity contribution >= 4 is 5.97 Å². The Morgan fingerprint density at radius 3 is 3.00 bits per heavy atom. The van der Waals surface area contributed by atoms with Crippen LogP contribution in [0.1, 0.15) is 29.7 Å². The minimum atomic E-state index is -1.03. The number of rotatable bonds is 3. The summed E-state index contributed by atoms with van der Waals surface area (Å²) in [6.45, 7) is 4.62. The van der Waals surface area contributed by atoms with Crippen molar-refractivity contribution in [1.82, 2.24) is 4.90 Å². The number of nitrogens with zero attached hydrogens (tertiary/aromatic N) is 1. The third-order valence-electron chi connectivity index (χ3n) is 3.35. The fraction of sp³-hybridized carbons (Fsp3) is 0.583. The van der Waals surface area contributed by atoms with Crippen molar-refractivity contribution in [2.45, 2.75) is 25.9 Å². The third-order valence-corrected chi connectivity index (χ3v) is 3.35. The van der Waals surface area contributed by atoms with Gasteiger partial charge >= 0.3 is 5.97 Å². The lowest BCUT2D eigenvalue weighted by Crippen LogP contribution is -2.47. The minimum Gasteiger partial charge on any atom is -0.475 e. The molecule has 1 aliphatic heterocycles. The fourth-order valence-electron chi connectivity index (χ4n) is 2.11. The topological polar surface area (TPSA) is 79.7 Å². The average Bonchev–Trinajstić information content (AvgIpc) is 2.72. The summed E-state index contributed by atoms with van der Waals surface area (Å²) in [6, 6.07) is 3.40. The highest BCUT2D eigenvalue weighted by molar-refractivity contribution is 5.84. The van der Waals surface area contributed by atoms with Gasteiger partial charge in [-0.05, 0) is 31.0 Å². The van der Waals surface area contributed by atoms with Gasteiger partial charge in [0.25, 0.3) is 0 Å². The first-order valence-corrected chi connectivity index (χ1v) is 5.86. The molecule has 0 aliphatic carbocycles. The van der Waals surface area contributed by atoms with Crippen LogP contribution in [0.25, 0.3) is 0 Å². The Balaban J connectivity index is 1.94. The van der Waals surface area contributed by atoms with Gasteiger partial charge in [-0.15, -0.1) is 0 Å². The van der Waals surface area contributed by atoms with Crippen molar-refractivity contribution in [3.63, 3.8) is 0 Å². The van der Waals surface area contributed by atoms with Crippen molar-refractivity contribution < 1.29 is 14.3 Å². The largest absolute Gasteiger partial charge is 0.475 e. The standard InChI is InChI=1S/C12H18N2O3/c1-8-4-5-14(7-10(8)13)6-9-2-3-11(17-9)12(15)16/h2-3,8,10H,4-7,13H2,1H3,(H,15,16).